The van der Waals surface area contributed by atoms with E-state index >= 15 is 0 Å². The van der Waals surface area contributed by atoms with Crippen LogP contribution in [0, 0.1) is 0 Å². The van der Waals surface area contributed by atoms with Gasteiger partial charge in [0.05, 0.1) is 4.90 Å². The molecule has 1 aliphatic heterocycles. The number of nitrogens with zero attached hydrogens (tertiary/aromatic N) is 1. The highest BCUT2D eigenvalue weighted by atomic mass is 32.2. The lowest BCUT2D eigenvalue weighted by Gasteiger charge is -2.22. The summed E-state index contributed by atoms with van der Waals surface area (Å²) in [5.74, 6) is -0.323. The Kier molecular flexibility index (Phi) is 5.43. The molecule has 1 aliphatic rings. The first-order valence-corrected chi connectivity index (χ1v) is 10.3. The molecule has 6 nitrogen and oxygen atoms in total. The Morgan fingerprint density at radius 2 is 1.89 bits per heavy atom. The van der Waals surface area contributed by atoms with Crippen molar-refractivity contribution in [1.29, 1.82) is 0 Å². The number of amides is 1. The Bertz CT molecular complexity index is 985. The Balaban J connectivity index is 1.65. The molecule has 1 N–H and O–H groups in total. The van der Waals surface area contributed by atoms with Crippen molar-refractivity contribution >= 4 is 27.4 Å². The molecule has 0 saturated carbocycles. The van der Waals surface area contributed by atoms with Crippen LogP contribution in [0.3, 0.4) is 0 Å². The van der Waals surface area contributed by atoms with E-state index in [2.05, 4.69) is 4.72 Å². The fourth-order valence-electron chi connectivity index (χ4n) is 3.32. The number of Topliss-reactive ketones (excluding diaryl/α,β-unsaturated/α-hetero) is 1. The van der Waals surface area contributed by atoms with Crippen LogP contribution in [-0.2, 0) is 21.2 Å². The predicted molar refractivity (Wildman–Crippen MR) is 103 cm³/mol. The van der Waals surface area contributed by atoms with Gasteiger partial charge in [0, 0.05) is 30.3 Å². The summed E-state index contributed by atoms with van der Waals surface area (Å²) in [5.41, 5.74) is 2.35. The molecule has 0 bridgehead atoms. The second kappa shape index (κ2) is 7.62. The Labute approximate surface area is 159 Å². The first-order chi connectivity index (χ1) is 12.8. The van der Waals surface area contributed by atoms with Crippen molar-refractivity contribution in [3.8, 4) is 0 Å². The molecule has 1 unspecified atom stereocenters. The van der Waals surface area contributed by atoms with Crippen molar-refractivity contribution < 1.29 is 18.0 Å². The molecule has 0 aliphatic carbocycles. The summed E-state index contributed by atoms with van der Waals surface area (Å²) < 4.78 is 27.3. The Morgan fingerprint density at radius 1 is 1.15 bits per heavy atom. The third-order valence-electron chi connectivity index (χ3n) is 4.66. The molecule has 2 aromatic carbocycles. The molecule has 27 heavy (non-hydrogen) atoms. The standard InChI is InChI=1S/C20H22N2O4S/c1-14-12-17-6-3-4-9-19(17)22(14)20(24)10-11-21-27(25,26)18-8-5-7-16(13-18)15(2)23/h3-9,13-14,21H,10-12H2,1-2H3. The highest BCUT2D eigenvalue weighted by Crippen LogP contribution is 2.32. The van der Waals surface area contributed by atoms with Gasteiger partial charge in [0.1, 0.15) is 0 Å². The summed E-state index contributed by atoms with van der Waals surface area (Å²) in [7, 11) is -3.78. The molecule has 0 spiro atoms. The second-order valence-corrected chi connectivity index (χ2v) is 8.44. The van der Waals surface area contributed by atoms with Crippen molar-refractivity contribution in [3.63, 3.8) is 0 Å². The monoisotopic (exact) mass is 386 g/mol. The van der Waals surface area contributed by atoms with Crippen LogP contribution in [0.4, 0.5) is 5.69 Å². The number of ketones is 1. The second-order valence-electron chi connectivity index (χ2n) is 6.68. The molecule has 1 amide bonds. The number of benzene rings is 2. The lowest BCUT2D eigenvalue weighted by atomic mass is 10.1. The minimum absolute atomic E-state index is 0.00312. The highest BCUT2D eigenvalue weighted by molar-refractivity contribution is 7.89. The number of nitrogens with one attached hydrogen (secondary N) is 1. The normalized spacial score (nSPS) is 16.2. The topological polar surface area (TPSA) is 83.5 Å². The molecular weight excluding hydrogens is 364 g/mol. The minimum atomic E-state index is -3.78. The van der Waals surface area contributed by atoms with Crippen LogP contribution >= 0.6 is 0 Å². The number of anilines is 1. The van der Waals surface area contributed by atoms with Crippen LogP contribution in [0.2, 0.25) is 0 Å². The Hall–Kier alpha value is -2.51. The van der Waals surface area contributed by atoms with E-state index in [0.29, 0.717) is 5.56 Å². The maximum Gasteiger partial charge on any atom is 0.240 e. The number of hydrogen-bond acceptors (Lipinski definition) is 4. The number of sulfonamides is 1. The Morgan fingerprint density at radius 3 is 2.63 bits per heavy atom. The molecule has 7 heteroatoms. The van der Waals surface area contributed by atoms with Crippen LogP contribution in [-0.4, -0.2) is 32.7 Å². The van der Waals surface area contributed by atoms with Gasteiger partial charge < -0.3 is 4.90 Å². The maximum atomic E-state index is 12.6. The van der Waals surface area contributed by atoms with E-state index in [4.69, 9.17) is 0 Å². The van der Waals surface area contributed by atoms with Crippen LogP contribution in [0.1, 0.15) is 36.2 Å². The van der Waals surface area contributed by atoms with E-state index in [-0.39, 0.29) is 35.6 Å². The molecule has 2 aromatic rings. The van der Waals surface area contributed by atoms with Gasteiger partial charge in [-0.1, -0.05) is 30.3 Å². The molecular formula is C20H22N2O4S. The van der Waals surface area contributed by atoms with E-state index in [0.717, 1.165) is 17.7 Å². The summed E-state index contributed by atoms with van der Waals surface area (Å²) in [5, 5.41) is 0. The maximum absolute atomic E-state index is 12.6. The third-order valence-corrected chi connectivity index (χ3v) is 6.12. The molecule has 1 atom stereocenters. The molecule has 3 rings (SSSR count). The molecule has 0 saturated heterocycles. The molecule has 1 heterocycles. The van der Waals surface area contributed by atoms with Gasteiger partial charge in [-0.2, -0.15) is 0 Å². The smallest absolute Gasteiger partial charge is 0.240 e. The largest absolute Gasteiger partial charge is 0.309 e. The summed E-state index contributed by atoms with van der Waals surface area (Å²) in [6.07, 6.45) is 0.857. The van der Waals surface area contributed by atoms with Crippen molar-refractivity contribution in [2.75, 3.05) is 11.4 Å². The van der Waals surface area contributed by atoms with E-state index in [1.807, 2.05) is 31.2 Å². The van der Waals surface area contributed by atoms with Gasteiger partial charge in [-0.15, -0.1) is 0 Å². The quantitative estimate of drug-likeness (QED) is 0.774. The van der Waals surface area contributed by atoms with E-state index in [1.165, 1.54) is 25.1 Å². The molecule has 142 valence electrons. The predicted octanol–water partition coefficient (Wildman–Crippen LogP) is 2.54. The fraction of sp³-hybridized carbons (Fsp3) is 0.300. The number of fused-ring (bicyclic) bond motifs is 1. The van der Waals surface area contributed by atoms with Crippen LogP contribution < -0.4 is 9.62 Å². The number of carbonyl (C=O) groups is 2. The average Bonchev–Trinajstić information content (AvgIpc) is 2.97. The first-order valence-electron chi connectivity index (χ1n) is 8.80. The number of hydrogen-bond donors (Lipinski definition) is 1. The van der Waals surface area contributed by atoms with Gasteiger partial charge in [0.15, 0.2) is 5.78 Å². The fourth-order valence-corrected chi connectivity index (χ4v) is 4.40. The van der Waals surface area contributed by atoms with Crippen molar-refractivity contribution in [1.82, 2.24) is 4.72 Å². The zero-order chi connectivity index (χ0) is 19.6. The minimum Gasteiger partial charge on any atom is -0.309 e. The number of carbonyl (C=O) groups excluding carboxylic acids is 2. The first kappa shape index (κ1) is 19.3. The van der Waals surface area contributed by atoms with Crippen molar-refractivity contribution in [2.24, 2.45) is 0 Å². The highest BCUT2D eigenvalue weighted by Gasteiger charge is 2.30. The summed E-state index contributed by atoms with van der Waals surface area (Å²) in [4.78, 5) is 25.8. The van der Waals surface area contributed by atoms with Gasteiger partial charge >= 0.3 is 0 Å². The zero-order valence-electron chi connectivity index (χ0n) is 15.3. The van der Waals surface area contributed by atoms with Gasteiger partial charge in [-0.05, 0) is 44.0 Å². The lowest BCUT2D eigenvalue weighted by molar-refractivity contribution is -0.118. The lowest BCUT2D eigenvalue weighted by Crippen LogP contribution is -2.38. The van der Waals surface area contributed by atoms with E-state index < -0.39 is 10.0 Å². The van der Waals surface area contributed by atoms with Crippen LogP contribution in [0.15, 0.2) is 53.4 Å². The zero-order valence-corrected chi connectivity index (χ0v) is 16.1. The number of para-hydroxylation sites is 1. The summed E-state index contributed by atoms with van der Waals surface area (Å²) >= 11 is 0. The van der Waals surface area contributed by atoms with Crippen molar-refractivity contribution in [2.45, 2.75) is 37.6 Å². The van der Waals surface area contributed by atoms with Crippen LogP contribution in [0.25, 0.3) is 0 Å². The van der Waals surface area contributed by atoms with Crippen LogP contribution in [0.5, 0.6) is 0 Å². The third kappa shape index (κ3) is 4.09. The van der Waals surface area contributed by atoms with E-state index in [1.54, 1.807) is 11.0 Å². The summed E-state index contributed by atoms with van der Waals surface area (Å²) in [6, 6.07) is 13.7. The molecule has 0 radical (unpaired) electrons. The van der Waals surface area contributed by atoms with Gasteiger partial charge in [-0.25, -0.2) is 13.1 Å². The summed E-state index contributed by atoms with van der Waals surface area (Å²) in [6.45, 7) is 3.36. The van der Waals surface area contributed by atoms with Gasteiger partial charge in [0.25, 0.3) is 0 Å². The van der Waals surface area contributed by atoms with Gasteiger partial charge in [-0.3, -0.25) is 9.59 Å². The van der Waals surface area contributed by atoms with E-state index in [9.17, 15) is 18.0 Å². The SMILES string of the molecule is CC(=O)c1cccc(S(=O)(=O)NCCC(=O)N2c3ccccc3CC2C)c1. The van der Waals surface area contributed by atoms with Crippen molar-refractivity contribution in [3.05, 3.63) is 59.7 Å². The van der Waals surface area contributed by atoms with Gasteiger partial charge in [0.2, 0.25) is 15.9 Å². The number of rotatable bonds is 6. The molecule has 0 aromatic heterocycles. The molecule has 0 fully saturated rings. The average molecular weight is 386 g/mol.